The molecule has 1 heterocycles. The maximum Gasteiger partial charge on any atom is 0.358 e. The summed E-state index contributed by atoms with van der Waals surface area (Å²) >= 11 is 5.73. The Balaban J connectivity index is 2.61. The summed E-state index contributed by atoms with van der Waals surface area (Å²) < 4.78 is 42.4. The number of carbonyl (C=O) groups is 1. The number of aliphatic hydroxyl groups is 1. The average molecular weight is 335 g/mol. The van der Waals surface area contributed by atoms with Crippen LogP contribution in [0.4, 0.5) is 13.2 Å². The van der Waals surface area contributed by atoms with Crippen LogP contribution >= 0.6 is 11.6 Å². The molecule has 0 radical (unpaired) electrons. The van der Waals surface area contributed by atoms with E-state index in [1.807, 2.05) is 0 Å². The molecule has 1 aromatic carbocycles. The zero-order valence-electron chi connectivity index (χ0n) is 10.9. The summed E-state index contributed by atoms with van der Waals surface area (Å²) in [5.41, 5.74) is 1.00. The largest absolute Gasteiger partial charge is 0.377 e. The number of amides is 1. The van der Waals surface area contributed by atoms with Crippen LogP contribution in [0.1, 0.15) is 5.56 Å². The van der Waals surface area contributed by atoms with Crippen molar-refractivity contribution in [3.8, 4) is 0 Å². The van der Waals surface area contributed by atoms with E-state index in [0.717, 1.165) is 35.5 Å². The predicted octanol–water partition coefficient (Wildman–Crippen LogP) is 1.08. The number of halogens is 4. The Kier molecular flexibility index (Phi) is 4.12. The van der Waals surface area contributed by atoms with Gasteiger partial charge < -0.3 is 10.8 Å². The van der Waals surface area contributed by atoms with Crippen LogP contribution in [-0.4, -0.2) is 31.7 Å². The molecule has 0 bridgehead atoms. The minimum Gasteiger partial charge on any atom is -0.377 e. The zero-order chi connectivity index (χ0) is 16.5. The first-order valence-corrected chi connectivity index (χ1v) is 6.24. The molecule has 1 aromatic heterocycles. The molecular formula is C12H10ClF3N4O2. The van der Waals surface area contributed by atoms with E-state index < -0.39 is 40.4 Å². The lowest BCUT2D eigenvalue weighted by molar-refractivity contribution is -0.199. The lowest BCUT2D eigenvalue weighted by atomic mass is 9.86. The number of alkyl halides is 2. The smallest absolute Gasteiger partial charge is 0.358 e. The van der Waals surface area contributed by atoms with E-state index in [0.29, 0.717) is 0 Å². The summed E-state index contributed by atoms with van der Waals surface area (Å²) in [6.07, 6.45) is 2.11. The molecule has 0 aliphatic carbocycles. The second kappa shape index (κ2) is 5.58. The average Bonchev–Trinajstić information content (AvgIpc) is 2.90. The summed E-state index contributed by atoms with van der Waals surface area (Å²) in [6, 6.07) is 2.41. The van der Waals surface area contributed by atoms with Crippen molar-refractivity contribution in [1.29, 1.82) is 0 Å². The SMILES string of the molecule is NC(=O)C(F)(F)C(O)(Cn1cncn1)c1ccc(F)cc1Cl. The molecule has 118 valence electrons. The first-order valence-electron chi connectivity index (χ1n) is 5.86. The molecule has 3 N–H and O–H groups in total. The number of rotatable bonds is 5. The second-order valence-electron chi connectivity index (χ2n) is 4.52. The normalized spacial score (nSPS) is 14.6. The van der Waals surface area contributed by atoms with Crippen LogP contribution in [-0.2, 0) is 16.9 Å². The van der Waals surface area contributed by atoms with Gasteiger partial charge in [0.15, 0.2) is 5.60 Å². The Morgan fingerprint density at radius 1 is 1.45 bits per heavy atom. The minimum absolute atomic E-state index is 0.483. The van der Waals surface area contributed by atoms with Gasteiger partial charge in [-0.2, -0.15) is 13.9 Å². The van der Waals surface area contributed by atoms with E-state index in [4.69, 9.17) is 17.3 Å². The van der Waals surface area contributed by atoms with Crippen molar-refractivity contribution in [1.82, 2.24) is 14.8 Å². The summed E-state index contributed by atoms with van der Waals surface area (Å²) in [7, 11) is 0. The van der Waals surface area contributed by atoms with Gasteiger partial charge in [-0.1, -0.05) is 17.7 Å². The standard InChI is InChI=1S/C12H10ClF3N4O2/c13-9-3-7(14)1-2-8(9)11(22,12(15,16)10(17)21)4-20-6-18-5-19-20/h1-3,5-6,22H,4H2,(H2,17,21). The highest BCUT2D eigenvalue weighted by Crippen LogP contribution is 2.42. The Morgan fingerprint density at radius 3 is 2.64 bits per heavy atom. The van der Waals surface area contributed by atoms with E-state index in [2.05, 4.69) is 10.1 Å². The maximum atomic E-state index is 14.2. The van der Waals surface area contributed by atoms with Gasteiger partial charge in [0.05, 0.1) is 6.54 Å². The number of nitrogens with two attached hydrogens (primary N) is 1. The number of carbonyl (C=O) groups excluding carboxylic acids is 1. The van der Waals surface area contributed by atoms with E-state index in [-0.39, 0.29) is 0 Å². The van der Waals surface area contributed by atoms with Gasteiger partial charge in [0.2, 0.25) is 0 Å². The van der Waals surface area contributed by atoms with Crippen LogP contribution in [0.25, 0.3) is 0 Å². The first-order chi connectivity index (χ1) is 10.2. The third-order valence-electron chi connectivity index (χ3n) is 3.06. The van der Waals surface area contributed by atoms with Crippen LogP contribution < -0.4 is 5.73 Å². The van der Waals surface area contributed by atoms with Crippen LogP contribution in [0.2, 0.25) is 5.02 Å². The molecule has 2 aromatic rings. The van der Waals surface area contributed by atoms with Crippen molar-refractivity contribution in [3.05, 3.63) is 47.3 Å². The number of aromatic nitrogens is 3. The highest BCUT2D eigenvalue weighted by atomic mass is 35.5. The lowest BCUT2D eigenvalue weighted by Crippen LogP contribution is -2.56. The van der Waals surface area contributed by atoms with Gasteiger partial charge >= 0.3 is 5.92 Å². The maximum absolute atomic E-state index is 14.2. The second-order valence-corrected chi connectivity index (χ2v) is 4.92. The molecule has 2 rings (SSSR count). The Morgan fingerprint density at radius 2 is 2.14 bits per heavy atom. The van der Waals surface area contributed by atoms with E-state index in [1.54, 1.807) is 0 Å². The fourth-order valence-corrected chi connectivity index (χ4v) is 2.25. The van der Waals surface area contributed by atoms with Crippen LogP contribution in [0.3, 0.4) is 0 Å². The van der Waals surface area contributed by atoms with E-state index >= 15 is 0 Å². The van der Waals surface area contributed by atoms with Crippen molar-refractivity contribution in [2.75, 3.05) is 0 Å². The highest BCUT2D eigenvalue weighted by molar-refractivity contribution is 6.31. The lowest BCUT2D eigenvalue weighted by Gasteiger charge is -2.34. The quantitative estimate of drug-likeness (QED) is 0.855. The highest BCUT2D eigenvalue weighted by Gasteiger charge is 2.59. The zero-order valence-corrected chi connectivity index (χ0v) is 11.6. The van der Waals surface area contributed by atoms with Crippen LogP contribution in [0, 0.1) is 5.82 Å². The Hall–Kier alpha value is -2.13. The number of benzene rings is 1. The fourth-order valence-electron chi connectivity index (χ4n) is 1.93. The topological polar surface area (TPSA) is 94.0 Å². The molecular weight excluding hydrogens is 325 g/mol. The molecule has 22 heavy (non-hydrogen) atoms. The van der Waals surface area contributed by atoms with E-state index in [9.17, 15) is 23.1 Å². The molecule has 0 spiro atoms. The molecule has 1 atom stereocenters. The third-order valence-corrected chi connectivity index (χ3v) is 3.38. The number of primary amides is 1. The van der Waals surface area contributed by atoms with Gasteiger partial charge in [0.1, 0.15) is 18.5 Å². The predicted molar refractivity (Wildman–Crippen MR) is 69.5 cm³/mol. The van der Waals surface area contributed by atoms with Crippen LogP contribution in [0.5, 0.6) is 0 Å². The van der Waals surface area contributed by atoms with Gasteiger partial charge in [-0.15, -0.1) is 0 Å². The van der Waals surface area contributed by atoms with Gasteiger partial charge in [-0.3, -0.25) is 4.79 Å². The summed E-state index contributed by atoms with van der Waals surface area (Å²) in [5.74, 6) is -7.24. The summed E-state index contributed by atoms with van der Waals surface area (Å²) in [5, 5.41) is 13.6. The molecule has 0 saturated heterocycles. The van der Waals surface area contributed by atoms with Gasteiger partial charge in [0, 0.05) is 10.6 Å². The molecule has 1 unspecified atom stereocenters. The van der Waals surface area contributed by atoms with Crippen molar-refractivity contribution >= 4 is 17.5 Å². The van der Waals surface area contributed by atoms with Gasteiger partial charge in [-0.05, 0) is 12.1 Å². The Bertz CT molecular complexity index is 696. The minimum atomic E-state index is -4.39. The fraction of sp³-hybridized carbons (Fsp3) is 0.250. The molecule has 1 amide bonds. The van der Waals surface area contributed by atoms with Crippen molar-refractivity contribution in [2.24, 2.45) is 5.73 Å². The Labute approximate surface area is 127 Å². The van der Waals surface area contributed by atoms with Crippen molar-refractivity contribution < 1.29 is 23.1 Å². The third kappa shape index (κ3) is 2.64. The van der Waals surface area contributed by atoms with Crippen LogP contribution in [0.15, 0.2) is 30.9 Å². The monoisotopic (exact) mass is 334 g/mol. The van der Waals surface area contributed by atoms with E-state index in [1.165, 1.54) is 0 Å². The molecule has 6 nitrogen and oxygen atoms in total. The number of nitrogens with zero attached hydrogens (tertiary/aromatic N) is 3. The summed E-state index contributed by atoms with van der Waals surface area (Å²) in [4.78, 5) is 14.6. The summed E-state index contributed by atoms with van der Waals surface area (Å²) in [6.45, 7) is -0.867. The number of hydrogen-bond acceptors (Lipinski definition) is 4. The number of hydrogen-bond donors (Lipinski definition) is 2. The molecule has 0 fully saturated rings. The molecule has 10 heteroatoms. The molecule has 0 aliphatic heterocycles. The van der Waals surface area contributed by atoms with Crippen molar-refractivity contribution in [3.63, 3.8) is 0 Å². The van der Waals surface area contributed by atoms with Gasteiger partial charge in [-0.25, -0.2) is 14.1 Å². The van der Waals surface area contributed by atoms with Crippen molar-refractivity contribution in [2.45, 2.75) is 18.1 Å². The molecule has 0 aliphatic rings. The molecule has 0 saturated carbocycles. The van der Waals surface area contributed by atoms with Gasteiger partial charge in [0.25, 0.3) is 5.91 Å². The first kappa shape index (κ1) is 16.2.